The molecule has 0 aromatic heterocycles. The summed E-state index contributed by atoms with van der Waals surface area (Å²) in [4.78, 5) is 40.0. The van der Waals surface area contributed by atoms with Gasteiger partial charge in [-0.05, 0) is 49.2 Å². The van der Waals surface area contributed by atoms with Crippen molar-refractivity contribution in [2.24, 2.45) is 5.92 Å². The monoisotopic (exact) mass is 447 g/mol. The van der Waals surface area contributed by atoms with Crippen LogP contribution in [-0.4, -0.2) is 42.8 Å². The Morgan fingerprint density at radius 3 is 2.53 bits per heavy atom. The van der Waals surface area contributed by atoms with Crippen molar-refractivity contribution in [3.8, 4) is 0 Å². The topological polar surface area (TPSA) is 69.7 Å². The lowest BCUT2D eigenvalue weighted by atomic mass is 10.1. The Labute approximate surface area is 184 Å². The van der Waals surface area contributed by atoms with Crippen LogP contribution >= 0.6 is 0 Å². The first-order chi connectivity index (χ1) is 15.0. The highest BCUT2D eigenvalue weighted by atomic mass is 19.4. The number of nitrogens with one attached hydrogen (secondary N) is 1. The van der Waals surface area contributed by atoms with Gasteiger partial charge in [-0.15, -0.1) is 0 Å². The average Bonchev–Trinajstić information content (AvgIpc) is 3.12. The molecule has 1 aliphatic rings. The van der Waals surface area contributed by atoms with E-state index in [1.165, 1.54) is 29.0 Å². The standard InChI is InChI=1S/C23H24F3N3O3/c1-14-6-4-9-19(15(14)2)27-20(30)13-28(3)22(32)16-10-21(31)29(12-16)18-8-5-7-17(11-18)23(24,25)26/h4-9,11,16H,10,12-13H2,1-3H3,(H,27,30). The summed E-state index contributed by atoms with van der Waals surface area (Å²) in [6.07, 6.45) is -4.66. The highest BCUT2D eigenvalue weighted by Crippen LogP contribution is 2.33. The maximum absolute atomic E-state index is 13.0. The number of alkyl halides is 3. The predicted molar refractivity (Wildman–Crippen MR) is 114 cm³/mol. The van der Waals surface area contributed by atoms with Gasteiger partial charge in [-0.25, -0.2) is 0 Å². The van der Waals surface area contributed by atoms with E-state index in [9.17, 15) is 27.6 Å². The van der Waals surface area contributed by atoms with Gasteiger partial charge in [0.05, 0.1) is 18.0 Å². The van der Waals surface area contributed by atoms with Gasteiger partial charge in [0.25, 0.3) is 0 Å². The molecule has 0 radical (unpaired) electrons. The molecule has 6 nitrogen and oxygen atoms in total. The summed E-state index contributed by atoms with van der Waals surface area (Å²) in [5.41, 5.74) is 1.83. The Kier molecular flexibility index (Phi) is 6.57. The molecule has 0 bridgehead atoms. The largest absolute Gasteiger partial charge is 0.416 e. The lowest BCUT2D eigenvalue weighted by Crippen LogP contribution is -2.39. The number of hydrogen-bond acceptors (Lipinski definition) is 3. The molecule has 1 unspecified atom stereocenters. The zero-order chi connectivity index (χ0) is 23.6. The van der Waals surface area contributed by atoms with Gasteiger partial charge in [0.15, 0.2) is 0 Å². The van der Waals surface area contributed by atoms with Gasteiger partial charge in [-0.3, -0.25) is 14.4 Å². The van der Waals surface area contributed by atoms with Crippen LogP contribution in [0.5, 0.6) is 0 Å². The number of nitrogens with zero attached hydrogens (tertiary/aromatic N) is 2. The summed E-state index contributed by atoms with van der Waals surface area (Å²) in [7, 11) is 1.46. The molecule has 2 aromatic carbocycles. The molecule has 3 rings (SSSR count). The van der Waals surface area contributed by atoms with Crippen LogP contribution < -0.4 is 10.2 Å². The second-order valence-electron chi connectivity index (χ2n) is 7.94. The Morgan fingerprint density at radius 1 is 1.16 bits per heavy atom. The lowest BCUT2D eigenvalue weighted by molar-refractivity contribution is -0.137. The number of hydrogen-bond donors (Lipinski definition) is 1. The zero-order valence-electron chi connectivity index (χ0n) is 18.0. The number of anilines is 2. The number of aryl methyl sites for hydroxylation is 1. The maximum atomic E-state index is 13.0. The Morgan fingerprint density at radius 2 is 1.84 bits per heavy atom. The van der Waals surface area contributed by atoms with Gasteiger partial charge in [0.2, 0.25) is 17.7 Å². The van der Waals surface area contributed by atoms with Crippen molar-refractivity contribution in [1.29, 1.82) is 0 Å². The van der Waals surface area contributed by atoms with E-state index in [1.807, 2.05) is 26.0 Å². The number of carbonyl (C=O) groups is 3. The fourth-order valence-electron chi connectivity index (χ4n) is 3.65. The molecule has 1 aliphatic heterocycles. The van der Waals surface area contributed by atoms with Gasteiger partial charge in [0, 0.05) is 31.4 Å². The number of carbonyl (C=O) groups excluding carboxylic acids is 3. The molecule has 9 heteroatoms. The van der Waals surface area contributed by atoms with E-state index in [-0.39, 0.29) is 31.1 Å². The van der Waals surface area contributed by atoms with Gasteiger partial charge < -0.3 is 15.1 Å². The van der Waals surface area contributed by atoms with Crippen molar-refractivity contribution in [3.05, 3.63) is 59.2 Å². The second kappa shape index (κ2) is 9.02. The summed E-state index contributed by atoms with van der Waals surface area (Å²) < 4.78 is 39.0. The number of rotatable bonds is 5. The quantitative estimate of drug-likeness (QED) is 0.759. The number of benzene rings is 2. The minimum absolute atomic E-state index is 0.0398. The van der Waals surface area contributed by atoms with Crippen molar-refractivity contribution in [2.45, 2.75) is 26.4 Å². The average molecular weight is 447 g/mol. The molecule has 3 amide bonds. The summed E-state index contributed by atoms with van der Waals surface area (Å²) in [6.45, 7) is 3.56. The molecule has 1 fully saturated rings. The smallest absolute Gasteiger partial charge is 0.336 e. The van der Waals surface area contributed by atoms with Gasteiger partial charge in [-0.1, -0.05) is 18.2 Å². The molecule has 2 aromatic rings. The van der Waals surface area contributed by atoms with Crippen molar-refractivity contribution in [2.75, 3.05) is 30.4 Å². The first kappa shape index (κ1) is 23.3. The van der Waals surface area contributed by atoms with Crippen LogP contribution in [0.15, 0.2) is 42.5 Å². The summed E-state index contributed by atoms with van der Waals surface area (Å²) in [5, 5.41) is 2.77. The Hall–Kier alpha value is -3.36. The molecule has 0 aliphatic carbocycles. The first-order valence-electron chi connectivity index (χ1n) is 10.1. The molecule has 0 spiro atoms. The van der Waals surface area contributed by atoms with Crippen molar-refractivity contribution >= 4 is 29.1 Å². The van der Waals surface area contributed by atoms with Gasteiger partial charge in [-0.2, -0.15) is 13.2 Å². The fourth-order valence-corrected chi connectivity index (χ4v) is 3.65. The van der Waals surface area contributed by atoms with Crippen molar-refractivity contribution < 1.29 is 27.6 Å². The van der Waals surface area contributed by atoms with Crippen LogP contribution in [0.4, 0.5) is 24.5 Å². The molecule has 1 saturated heterocycles. The fraction of sp³-hybridized carbons (Fsp3) is 0.348. The molecule has 32 heavy (non-hydrogen) atoms. The molecule has 1 N–H and O–H groups in total. The van der Waals surface area contributed by atoms with E-state index >= 15 is 0 Å². The minimum Gasteiger partial charge on any atom is -0.336 e. The van der Waals surface area contributed by atoms with Gasteiger partial charge in [0.1, 0.15) is 0 Å². The highest BCUT2D eigenvalue weighted by Gasteiger charge is 2.38. The molecule has 170 valence electrons. The van der Waals surface area contributed by atoms with Crippen LogP contribution in [0.3, 0.4) is 0 Å². The van der Waals surface area contributed by atoms with Crippen molar-refractivity contribution in [1.82, 2.24) is 4.90 Å². The third kappa shape index (κ3) is 5.09. The molecular formula is C23H24F3N3O3. The predicted octanol–water partition coefficient (Wildman–Crippen LogP) is 3.77. The van der Waals surface area contributed by atoms with E-state index < -0.39 is 29.5 Å². The van der Waals surface area contributed by atoms with Crippen LogP contribution in [0, 0.1) is 19.8 Å². The maximum Gasteiger partial charge on any atom is 0.416 e. The lowest BCUT2D eigenvalue weighted by Gasteiger charge is -2.22. The SMILES string of the molecule is Cc1cccc(NC(=O)CN(C)C(=O)C2CC(=O)N(c3cccc(C(F)(F)F)c3)C2)c1C. The van der Waals surface area contributed by atoms with E-state index in [0.29, 0.717) is 5.69 Å². The number of amides is 3. The van der Waals surface area contributed by atoms with E-state index in [0.717, 1.165) is 23.3 Å². The molecule has 1 atom stereocenters. The summed E-state index contributed by atoms with van der Waals surface area (Å²) in [6, 6.07) is 9.96. The normalized spacial score (nSPS) is 16.2. The summed E-state index contributed by atoms with van der Waals surface area (Å²) >= 11 is 0. The molecule has 0 saturated carbocycles. The van der Waals surface area contributed by atoms with E-state index in [2.05, 4.69) is 5.32 Å². The second-order valence-corrected chi connectivity index (χ2v) is 7.94. The first-order valence-corrected chi connectivity index (χ1v) is 10.1. The van der Waals surface area contributed by atoms with Crippen LogP contribution in [0.2, 0.25) is 0 Å². The van der Waals surface area contributed by atoms with Crippen molar-refractivity contribution in [3.63, 3.8) is 0 Å². The molecular weight excluding hydrogens is 423 g/mol. The van der Waals surface area contributed by atoms with E-state index in [4.69, 9.17) is 0 Å². The number of likely N-dealkylation sites (N-methyl/N-ethyl adjacent to an activating group) is 1. The van der Waals surface area contributed by atoms with Gasteiger partial charge >= 0.3 is 6.18 Å². The minimum atomic E-state index is -4.53. The Balaban J connectivity index is 1.64. The van der Waals surface area contributed by atoms with Crippen LogP contribution in [0.25, 0.3) is 0 Å². The third-order valence-electron chi connectivity index (χ3n) is 5.60. The highest BCUT2D eigenvalue weighted by molar-refractivity contribution is 6.01. The van der Waals surface area contributed by atoms with E-state index in [1.54, 1.807) is 6.07 Å². The van der Waals surface area contributed by atoms with Crippen LogP contribution in [0.1, 0.15) is 23.1 Å². The third-order valence-corrected chi connectivity index (χ3v) is 5.60. The van der Waals surface area contributed by atoms with Crippen LogP contribution in [-0.2, 0) is 20.6 Å². The molecule has 1 heterocycles. The zero-order valence-corrected chi connectivity index (χ0v) is 18.0. The Bertz CT molecular complexity index is 1050. The summed E-state index contributed by atoms with van der Waals surface area (Å²) in [5.74, 6) is -1.97. The number of halogens is 3.